The lowest BCUT2D eigenvalue weighted by atomic mass is 10.1. The van der Waals surface area contributed by atoms with Crippen molar-refractivity contribution >= 4 is 28.9 Å². The minimum absolute atomic E-state index is 0.00796. The Bertz CT molecular complexity index is 1160. The van der Waals surface area contributed by atoms with Crippen LogP contribution >= 0.6 is 0 Å². The summed E-state index contributed by atoms with van der Waals surface area (Å²) in [7, 11) is 1.70. The van der Waals surface area contributed by atoms with Gasteiger partial charge in [-0.3, -0.25) is 14.5 Å². The van der Waals surface area contributed by atoms with Gasteiger partial charge >= 0.3 is 0 Å². The van der Waals surface area contributed by atoms with Crippen LogP contribution in [-0.4, -0.2) is 89.4 Å². The summed E-state index contributed by atoms with van der Waals surface area (Å²) >= 11 is 0. The van der Waals surface area contributed by atoms with Crippen LogP contribution in [0.4, 0.5) is 17.1 Å². The van der Waals surface area contributed by atoms with Crippen LogP contribution < -0.4 is 25.2 Å². The van der Waals surface area contributed by atoms with Gasteiger partial charge in [-0.05, 0) is 49.7 Å². The van der Waals surface area contributed by atoms with Gasteiger partial charge in [-0.25, -0.2) is 0 Å². The number of piperazine rings is 1. The zero-order valence-electron chi connectivity index (χ0n) is 27.0. The lowest BCUT2D eigenvalue weighted by Gasteiger charge is -2.38. The molecular formula is C35H53N5O4. The van der Waals surface area contributed by atoms with Crippen LogP contribution in [0.5, 0.6) is 5.75 Å². The first kappa shape index (κ1) is 33.6. The molecule has 0 saturated carbocycles. The number of benzene rings is 2. The summed E-state index contributed by atoms with van der Waals surface area (Å²) in [4.78, 5) is 33.3. The van der Waals surface area contributed by atoms with Gasteiger partial charge in [0.05, 0.1) is 31.6 Å². The number of morpholine rings is 1. The molecular weight excluding hydrogens is 554 g/mol. The molecule has 44 heavy (non-hydrogen) atoms. The van der Waals surface area contributed by atoms with Gasteiger partial charge in [-0.1, -0.05) is 57.6 Å². The van der Waals surface area contributed by atoms with Crippen LogP contribution in [-0.2, 0) is 9.53 Å². The smallest absolute Gasteiger partial charge is 0.253 e. The topological polar surface area (TPSA) is 86.4 Å². The maximum Gasteiger partial charge on any atom is 0.253 e. The summed E-state index contributed by atoms with van der Waals surface area (Å²) in [6.07, 6.45) is 9.60. The first-order valence-electron chi connectivity index (χ1n) is 16.7. The fraction of sp³-hybridized carbons (Fsp3) is 0.600. The molecule has 0 aliphatic carbocycles. The van der Waals surface area contributed by atoms with Crippen LogP contribution in [0.1, 0.15) is 75.1 Å². The average molecular weight is 608 g/mol. The summed E-state index contributed by atoms with van der Waals surface area (Å²) < 4.78 is 11.0. The number of carbonyl (C=O) groups excluding carboxylic acids is 2. The van der Waals surface area contributed by atoms with Gasteiger partial charge in [-0.2, -0.15) is 0 Å². The molecule has 0 unspecified atom stereocenters. The van der Waals surface area contributed by atoms with E-state index in [1.54, 1.807) is 7.11 Å². The summed E-state index contributed by atoms with van der Waals surface area (Å²) in [5.74, 6) is 0.778. The van der Waals surface area contributed by atoms with Crippen molar-refractivity contribution in [1.29, 1.82) is 0 Å². The molecule has 0 radical (unpaired) electrons. The lowest BCUT2D eigenvalue weighted by Crippen LogP contribution is -2.47. The molecule has 2 aromatic carbocycles. The third kappa shape index (κ3) is 10.4. The van der Waals surface area contributed by atoms with Crippen molar-refractivity contribution in [2.24, 2.45) is 0 Å². The molecule has 0 aromatic heterocycles. The number of rotatable bonds is 17. The highest BCUT2D eigenvalue weighted by Gasteiger charge is 2.24. The van der Waals surface area contributed by atoms with Gasteiger partial charge in [0.1, 0.15) is 5.75 Å². The van der Waals surface area contributed by atoms with Crippen molar-refractivity contribution < 1.29 is 19.1 Å². The molecule has 0 spiro atoms. The van der Waals surface area contributed by atoms with Gasteiger partial charge in [0.15, 0.2) is 0 Å². The molecule has 2 aromatic rings. The molecule has 0 bridgehead atoms. The molecule has 2 aliphatic heterocycles. The van der Waals surface area contributed by atoms with Crippen LogP contribution in [0.3, 0.4) is 0 Å². The molecule has 2 amide bonds. The lowest BCUT2D eigenvalue weighted by molar-refractivity contribution is -0.116. The fourth-order valence-electron chi connectivity index (χ4n) is 6.04. The van der Waals surface area contributed by atoms with Crippen LogP contribution in [0.25, 0.3) is 0 Å². The third-order valence-electron chi connectivity index (χ3n) is 8.62. The highest BCUT2D eigenvalue weighted by molar-refractivity contribution is 6.02. The summed E-state index contributed by atoms with van der Waals surface area (Å²) in [6, 6.07) is 13.9. The molecule has 2 saturated heterocycles. The van der Waals surface area contributed by atoms with E-state index in [-0.39, 0.29) is 11.8 Å². The van der Waals surface area contributed by atoms with E-state index in [0.717, 1.165) is 95.4 Å². The number of nitrogens with zero attached hydrogens (tertiary/aromatic N) is 3. The van der Waals surface area contributed by atoms with E-state index in [4.69, 9.17) is 9.47 Å². The minimum atomic E-state index is -0.0997. The van der Waals surface area contributed by atoms with Gasteiger partial charge in [0, 0.05) is 63.6 Å². The summed E-state index contributed by atoms with van der Waals surface area (Å²) in [5.41, 5.74) is 3.27. The Kier molecular flexibility index (Phi) is 14.1. The number of amides is 2. The number of methoxy groups -OCH3 is 1. The van der Waals surface area contributed by atoms with E-state index in [0.29, 0.717) is 24.2 Å². The van der Waals surface area contributed by atoms with E-state index in [1.165, 1.54) is 32.1 Å². The molecule has 2 heterocycles. The van der Waals surface area contributed by atoms with E-state index >= 15 is 0 Å². The largest absolute Gasteiger partial charge is 0.495 e. The first-order chi connectivity index (χ1) is 21.6. The number of nitrogens with one attached hydrogen (secondary N) is 2. The fourth-order valence-corrected chi connectivity index (χ4v) is 6.04. The normalized spacial score (nSPS) is 15.7. The Balaban J connectivity index is 1.37. The Labute approximate surface area is 264 Å². The molecule has 242 valence electrons. The molecule has 0 atom stereocenters. The highest BCUT2D eigenvalue weighted by Crippen LogP contribution is 2.31. The van der Waals surface area contributed by atoms with E-state index in [1.807, 2.05) is 36.4 Å². The quantitative estimate of drug-likeness (QED) is 0.228. The van der Waals surface area contributed by atoms with Gasteiger partial charge in [0.25, 0.3) is 5.91 Å². The van der Waals surface area contributed by atoms with Crippen molar-refractivity contribution in [2.45, 2.75) is 64.7 Å². The van der Waals surface area contributed by atoms with Crippen molar-refractivity contribution in [1.82, 2.24) is 10.2 Å². The Morgan fingerprint density at radius 2 is 1.50 bits per heavy atom. The summed E-state index contributed by atoms with van der Waals surface area (Å²) in [6.45, 7) is 10.4. The maximum atomic E-state index is 13.6. The predicted octanol–water partition coefficient (Wildman–Crippen LogP) is 5.55. The van der Waals surface area contributed by atoms with Gasteiger partial charge in [0.2, 0.25) is 5.91 Å². The number of anilines is 3. The number of unbranched alkanes of at least 4 members (excludes halogenated alkanes) is 6. The van der Waals surface area contributed by atoms with Crippen LogP contribution in [0, 0.1) is 0 Å². The second-order valence-corrected chi connectivity index (χ2v) is 11.9. The van der Waals surface area contributed by atoms with E-state index in [2.05, 4.69) is 38.3 Å². The standard InChI is InChI=1S/C35H53N5O4/c1-3-4-5-6-7-8-9-15-34(41)37-29-16-17-31(30(28-29)35(42)36-18-12-19-38-24-26-44-27-25-38)39-20-22-40(23-21-39)32-13-10-11-14-33(32)43-2/h10-11,13-14,16-17,28H,3-9,12,15,18-27H2,1-2H3,(H,36,42)(H,37,41). The second kappa shape index (κ2) is 18.5. The number of carbonyl (C=O) groups is 2. The molecule has 2 aliphatic rings. The van der Waals surface area contributed by atoms with Crippen molar-refractivity contribution in [3.8, 4) is 5.75 Å². The molecule has 4 rings (SSSR count). The number of ether oxygens (including phenoxy) is 2. The van der Waals surface area contributed by atoms with Crippen molar-refractivity contribution in [3.05, 3.63) is 48.0 Å². The average Bonchev–Trinajstić information content (AvgIpc) is 3.06. The third-order valence-corrected chi connectivity index (χ3v) is 8.62. The SMILES string of the molecule is CCCCCCCCCC(=O)Nc1ccc(N2CCN(c3ccccc3OC)CC2)c(C(=O)NCCCN2CCOCC2)c1. The zero-order valence-corrected chi connectivity index (χ0v) is 27.0. The monoisotopic (exact) mass is 607 g/mol. The molecule has 9 nitrogen and oxygen atoms in total. The van der Waals surface area contributed by atoms with E-state index in [9.17, 15) is 9.59 Å². The Morgan fingerprint density at radius 1 is 0.818 bits per heavy atom. The molecule has 2 fully saturated rings. The number of hydrogen-bond acceptors (Lipinski definition) is 7. The maximum absolute atomic E-state index is 13.6. The highest BCUT2D eigenvalue weighted by atomic mass is 16.5. The molecule has 9 heteroatoms. The number of hydrogen-bond donors (Lipinski definition) is 2. The summed E-state index contributed by atoms with van der Waals surface area (Å²) in [5, 5.41) is 6.20. The number of para-hydroxylation sites is 2. The minimum Gasteiger partial charge on any atom is -0.495 e. The first-order valence-corrected chi connectivity index (χ1v) is 16.7. The Hall–Kier alpha value is -3.30. The van der Waals surface area contributed by atoms with Crippen LogP contribution in [0.2, 0.25) is 0 Å². The van der Waals surface area contributed by atoms with E-state index < -0.39 is 0 Å². The Morgan fingerprint density at radius 3 is 2.23 bits per heavy atom. The van der Waals surface area contributed by atoms with Crippen LogP contribution in [0.15, 0.2) is 42.5 Å². The second-order valence-electron chi connectivity index (χ2n) is 11.9. The van der Waals surface area contributed by atoms with Crippen molar-refractivity contribution in [2.75, 3.05) is 87.8 Å². The van der Waals surface area contributed by atoms with Gasteiger partial charge in [-0.15, -0.1) is 0 Å². The zero-order chi connectivity index (χ0) is 31.0. The van der Waals surface area contributed by atoms with Crippen molar-refractivity contribution in [3.63, 3.8) is 0 Å². The van der Waals surface area contributed by atoms with Gasteiger partial charge < -0.3 is 29.9 Å². The predicted molar refractivity (Wildman–Crippen MR) is 179 cm³/mol. The molecule has 2 N–H and O–H groups in total.